The summed E-state index contributed by atoms with van der Waals surface area (Å²) in [5.74, 6) is 1.57. The van der Waals surface area contributed by atoms with Crippen LogP contribution < -0.4 is 20.7 Å². The fourth-order valence-electron chi connectivity index (χ4n) is 4.61. The number of nitrogens with one attached hydrogen (secondary N) is 2. The van der Waals surface area contributed by atoms with Crippen molar-refractivity contribution in [2.45, 2.75) is 40.2 Å². The number of hydrogen-bond donors (Lipinski definition) is 2. The van der Waals surface area contributed by atoms with Crippen molar-refractivity contribution in [2.75, 3.05) is 44.7 Å². The summed E-state index contributed by atoms with van der Waals surface area (Å²) < 4.78 is 18.9. The van der Waals surface area contributed by atoms with Crippen LogP contribution in [0.2, 0.25) is 5.02 Å². The Bertz CT molecular complexity index is 1350. The third-order valence-corrected chi connectivity index (χ3v) is 8.15. The predicted molar refractivity (Wildman–Crippen MR) is 155 cm³/mol. The van der Waals surface area contributed by atoms with Crippen LogP contribution in [0.15, 0.2) is 36.5 Å². The van der Waals surface area contributed by atoms with Crippen LogP contribution >= 0.6 is 18.7 Å². The number of methoxy groups -OCH3 is 1. The van der Waals surface area contributed by atoms with Crippen molar-refractivity contribution in [1.82, 2.24) is 14.9 Å². The first-order valence-corrected chi connectivity index (χ1v) is 15.4. The Hall–Kier alpha value is -2.60. The lowest BCUT2D eigenvalue weighted by molar-refractivity contribution is 0.312. The normalized spacial score (nSPS) is 14.3. The minimum atomic E-state index is -2.58. The average molecular weight is 542 g/mol. The second-order valence-electron chi connectivity index (χ2n) is 11.4. The van der Waals surface area contributed by atoms with Gasteiger partial charge in [0.1, 0.15) is 17.9 Å². The fraction of sp³-hybridized carbons (Fsp3) is 0.429. The van der Waals surface area contributed by atoms with Crippen LogP contribution in [0.25, 0.3) is 0 Å². The summed E-state index contributed by atoms with van der Waals surface area (Å²) in [6.07, 6.45) is 3.44. The summed E-state index contributed by atoms with van der Waals surface area (Å²) in [4.78, 5) is 11.3. The first kappa shape index (κ1) is 27.4. The fourth-order valence-corrected chi connectivity index (χ4v) is 5.93. The number of halogens is 1. The van der Waals surface area contributed by atoms with Crippen molar-refractivity contribution in [1.29, 1.82) is 0 Å². The standard InChI is InChI=1S/C28H37ClN5O2P/c1-28(2,3)15-18-8-9-22(25(12-18)37(6,7)35)31-26-21(29)16-30-27(33-26)32-23-13-20-17-34(4)11-10-19(20)14-24(23)36-5/h8-9,12-14,16H,10-11,15,17H2,1-7H3,(H2,30,31,32,33). The Morgan fingerprint density at radius 2 is 1.86 bits per heavy atom. The van der Waals surface area contributed by atoms with Crippen LogP contribution in [-0.4, -0.2) is 48.9 Å². The van der Waals surface area contributed by atoms with E-state index in [0.29, 0.717) is 16.8 Å². The van der Waals surface area contributed by atoms with Crippen molar-refractivity contribution in [3.8, 4) is 5.75 Å². The molecule has 0 aliphatic carbocycles. The molecule has 0 spiro atoms. The molecule has 0 atom stereocenters. The van der Waals surface area contributed by atoms with E-state index in [0.717, 1.165) is 53.9 Å². The second-order valence-corrected chi connectivity index (χ2v) is 15.0. The molecule has 1 aromatic heterocycles. The van der Waals surface area contributed by atoms with Gasteiger partial charge in [-0.2, -0.15) is 4.98 Å². The van der Waals surface area contributed by atoms with Crippen molar-refractivity contribution < 1.29 is 9.30 Å². The summed E-state index contributed by atoms with van der Waals surface area (Å²) in [6.45, 7) is 12.1. The highest BCUT2D eigenvalue weighted by Gasteiger charge is 2.21. The van der Waals surface area contributed by atoms with E-state index in [1.807, 2.05) is 12.1 Å². The van der Waals surface area contributed by atoms with Crippen LogP contribution in [0.4, 0.5) is 23.1 Å². The Morgan fingerprint density at radius 1 is 1.11 bits per heavy atom. The van der Waals surface area contributed by atoms with E-state index in [1.165, 1.54) is 11.1 Å². The molecule has 0 amide bonds. The smallest absolute Gasteiger partial charge is 0.229 e. The van der Waals surface area contributed by atoms with Gasteiger partial charge in [0.25, 0.3) is 0 Å². The van der Waals surface area contributed by atoms with E-state index >= 15 is 0 Å². The summed E-state index contributed by atoms with van der Waals surface area (Å²) in [5.41, 5.74) is 5.35. The number of nitrogens with zero attached hydrogens (tertiary/aromatic N) is 3. The van der Waals surface area contributed by atoms with Crippen LogP contribution in [0.1, 0.15) is 37.5 Å². The van der Waals surface area contributed by atoms with Gasteiger partial charge < -0.3 is 24.8 Å². The molecule has 9 heteroatoms. The first-order valence-electron chi connectivity index (χ1n) is 12.5. The molecule has 4 rings (SSSR count). The number of likely N-dealkylation sites (N-methyl/N-ethyl adjacent to an activating group) is 1. The van der Waals surface area contributed by atoms with Gasteiger partial charge in [-0.15, -0.1) is 0 Å². The van der Waals surface area contributed by atoms with Crippen LogP contribution in [0.3, 0.4) is 0 Å². The Labute approximate surface area is 225 Å². The van der Waals surface area contributed by atoms with E-state index in [2.05, 4.69) is 71.5 Å². The van der Waals surface area contributed by atoms with E-state index in [-0.39, 0.29) is 5.41 Å². The third-order valence-electron chi connectivity index (χ3n) is 6.35. The van der Waals surface area contributed by atoms with Gasteiger partial charge in [-0.1, -0.05) is 38.4 Å². The molecule has 3 aromatic rings. The van der Waals surface area contributed by atoms with E-state index < -0.39 is 7.14 Å². The topological polar surface area (TPSA) is 79.4 Å². The van der Waals surface area contributed by atoms with Crippen molar-refractivity contribution in [3.63, 3.8) is 0 Å². The number of ether oxygens (including phenoxy) is 1. The van der Waals surface area contributed by atoms with Gasteiger partial charge in [0.15, 0.2) is 5.82 Å². The third kappa shape index (κ3) is 6.84. The Balaban J connectivity index is 1.65. The SMILES string of the molecule is COc1cc2c(cc1Nc1ncc(Cl)c(Nc3ccc(CC(C)(C)C)cc3P(C)(C)=O)n1)CN(C)CC2. The molecule has 0 fully saturated rings. The summed E-state index contributed by atoms with van der Waals surface area (Å²) >= 11 is 6.49. The summed E-state index contributed by atoms with van der Waals surface area (Å²) in [7, 11) is 1.20. The molecule has 0 radical (unpaired) electrons. The predicted octanol–water partition coefficient (Wildman–Crippen LogP) is 6.45. The summed E-state index contributed by atoms with van der Waals surface area (Å²) in [5, 5.41) is 7.77. The molecule has 2 N–H and O–H groups in total. The molecule has 7 nitrogen and oxygen atoms in total. The highest BCUT2D eigenvalue weighted by Crippen LogP contribution is 2.40. The quantitative estimate of drug-likeness (QED) is 0.333. The minimum absolute atomic E-state index is 0.126. The lowest BCUT2D eigenvalue weighted by Gasteiger charge is -2.26. The molecule has 0 saturated heterocycles. The van der Waals surface area contributed by atoms with Crippen molar-refractivity contribution in [2.24, 2.45) is 5.41 Å². The molecule has 2 heterocycles. The van der Waals surface area contributed by atoms with Gasteiger partial charge in [0, 0.05) is 18.4 Å². The number of anilines is 4. The maximum Gasteiger partial charge on any atom is 0.229 e. The van der Waals surface area contributed by atoms with E-state index in [9.17, 15) is 4.57 Å². The van der Waals surface area contributed by atoms with E-state index in [4.69, 9.17) is 16.3 Å². The molecule has 1 aliphatic heterocycles. The number of hydrogen-bond acceptors (Lipinski definition) is 7. The zero-order chi connectivity index (χ0) is 27.0. The molecule has 1 aliphatic rings. The molecular formula is C28H37ClN5O2P. The largest absolute Gasteiger partial charge is 0.495 e. The zero-order valence-electron chi connectivity index (χ0n) is 22.8. The molecule has 37 heavy (non-hydrogen) atoms. The summed E-state index contributed by atoms with van der Waals surface area (Å²) in [6, 6.07) is 10.3. The average Bonchev–Trinajstić information content (AvgIpc) is 2.80. The number of fused-ring (bicyclic) bond motifs is 1. The number of benzene rings is 2. The molecule has 2 aromatic carbocycles. The maximum absolute atomic E-state index is 13.2. The second kappa shape index (κ2) is 10.6. The molecular weight excluding hydrogens is 505 g/mol. The van der Waals surface area contributed by atoms with Gasteiger partial charge >= 0.3 is 0 Å². The molecule has 0 unspecified atom stereocenters. The van der Waals surface area contributed by atoms with E-state index in [1.54, 1.807) is 26.6 Å². The lowest BCUT2D eigenvalue weighted by Crippen LogP contribution is -2.26. The Kier molecular flexibility index (Phi) is 7.89. The highest BCUT2D eigenvalue weighted by molar-refractivity contribution is 7.70. The lowest BCUT2D eigenvalue weighted by atomic mass is 9.88. The maximum atomic E-state index is 13.2. The van der Waals surface area contributed by atoms with Gasteiger partial charge in [-0.25, -0.2) is 4.98 Å². The monoisotopic (exact) mass is 541 g/mol. The highest BCUT2D eigenvalue weighted by atomic mass is 35.5. The van der Waals surface area contributed by atoms with Gasteiger partial charge in [0.2, 0.25) is 5.95 Å². The minimum Gasteiger partial charge on any atom is -0.495 e. The zero-order valence-corrected chi connectivity index (χ0v) is 24.4. The number of rotatable bonds is 7. The van der Waals surface area contributed by atoms with Crippen molar-refractivity contribution in [3.05, 3.63) is 58.2 Å². The van der Waals surface area contributed by atoms with Gasteiger partial charge in [-0.3, -0.25) is 0 Å². The van der Waals surface area contributed by atoms with Crippen LogP contribution in [0, 0.1) is 5.41 Å². The first-order chi connectivity index (χ1) is 17.3. The Morgan fingerprint density at radius 3 is 2.54 bits per heavy atom. The number of aromatic nitrogens is 2. The molecule has 198 valence electrons. The molecule has 0 saturated carbocycles. The van der Waals surface area contributed by atoms with Gasteiger partial charge in [-0.05, 0) is 79.6 Å². The molecule has 0 bridgehead atoms. The van der Waals surface area contributed by atoms with Gasteiger partial charge in [0.05, 0.1) is 24.7 Å². The van der Waals surface area contributed by atoms with Crippen molar-refractivity contribution >= 4 is 47.2 Å². The van der Waals surface area contributed by atoms with Crippen LogP contribution in [-0.2, 0) is 24.0 Å². The van der Waals surface area contributed by atoms with Crippen LogP contribution in [0.5, 0.6) is 5.75 Å².